The molecule has 0 saturated carbocycles. The van der Waals surface area contributed by atoms with Crippen LogP contribution in [0.25, 0.3) is 0 Å². The summed E-state index contributed by atoms with van der Waals surface area (Å²) in [5, 5.41) is 3.77. The minimum Gasteiger partial charge on any atom is -0.444 e. The monoisotopic (exact) mass is 256 g/mol. The summed E-state index contributed by atoms with van der Waals surface area (Å²) in [6.07, 6.45) is 0.376. The van der Waals surface area contributed by atoms with Gasteiger partial charge in [0.2, 0.25) is 0 Å². The van der Waals surface area contributed by atoms with E-state index in [1.54, 1.807) is 11.3 Å². The third-order valence-electron chi connectivity index (χ3n) is 2.08. The molecule has 0 radical (unpaired) electrons. The van der Waals surface area contributed by atoms with Crippen molar-refractivity contribution in [2.24, 2.45) is 0 Å². The lowest BCUT2D eigenvalue weighted by Crippen LogP contribution is -2.33. The van der Waals surface area contributed by atoms with Gasteiger partial charge in [-0.3, -0.25) is 0 Å². The van der Waals surface area contributed by atoms with E-state index in [4.69, 9.17) is 4.74 Å². The predicted octanol–water partition coefficient (Wildman–Crippen LogP) is 2.83. The first-order chi connectivity index (χ1) is 7.78. The van der Waals surface area contributed by atoms with E-state index in [0.717, 1.165) is 17.1 Å². The molecular weight excluding hydrogens is 236 g/mol. The highest BCUT2D eigenvalue weighted by Gasteiger charge is 2.15. The molecule has 0 aromatic carbocycles. The van der Waals surface area contributed by atoms with Crippen LogP contribution in [0.2, 0.25) is 0 Å². The van der Waals surface area contributed by atoms with E-state index in [1.807, 2.05) is 27.7 Å². The number of ether oxygens (including phenoxy) is 1. The van der Waals surface area contributed by atoms with Gasteiger partial charge in [0.1, 0.15) is 5.60 Å². The van der Waals surface area contributed by atoms with Crippen molar-refractivity contribution in [1.29, 1.82) is 0 Å². The van der Waals surface area contributed by atoms with Crippen molar-refractivity contribution >= 4 is 17.4 Å². The van der Waals surface area contributed by atoms with E-state index in [9.17, 15) is 4.79 Å². The van der Waals surface area contributed by atoms with Crippen LogP contribution < -0.4 is 5.32 Å². The second-order valence-electron chi connectivity index (χ2n) is 4.93. The van der Waals surface area contributed by atoms with Crippen molar-refractivity contribution in [3.63, 3.8) is 0 Å². The van der Waals surface area contributed by atoms with Gasteiger partial charge in [0.15, 0.2) is 0 Å². The molecule has 1 heterocycles. The molecule has 4 nitrogen and oxygen atoms in total. The number of nitrogens with zero attached hydrogens (tertiary/aromatic N) is 1. The molecule has 0 spiro atoms. The number of nitrogens with one attached hydrogen (secondary N) is 1. The lowest BCUT2D eigenvalue weighted by atomic mass is 10.2. The summed E-state index contributed by atoms with van der Waals surface area (Å²) in [4.78, 5) is 17.0. The van der Waals surface area contributed by atoms with E-state index >= 15 is 0 Å². The van der Waals surface area contributed by atoms with Crippen LogP contribution in [-0.2, 0) is 11.2 Å². The van der Waals surface area contributed by atoms with Gasteiger partial charge in [0, 0.05) is 17.8 Å². The molecule has 96 valence electrons. The van der Waals surface area contributed by atoms with Crippen LogP contribution in [0.4, 0.5) is 4.79 Å². The number of alkyl carbamates (subject to hydrolysis) is 1. The van der Waals surface area contributed by atoms with Crippen molar-refractivity contribution in [3.05, 3.63) is 15.6 Å². The Morgan fingerprint density at radius 3 is 2.53 bits per heavy atom. The van der Waals surface area contributed by atoms with E-state index in [2.05, 4.69) is 17.2 Å². The van der Waals surface area contributed by atoms with Gasteiger partial charge in [-0.15, -0.1) is 11.3 Å². The minimum absolute atomic E-state index is 0.373. The molecule has 1 aromatic rings. The van der Waals surface area contributed by atoms with Gasteiger partial charge in [-0.25, -0.2) is 9.78 Å². The zero-order valence-corrected chi connectivity index (χ0v) is 11.9. The van der Waals surface area contributed by atoms with Crippen molar-refractivity contribution in [2.45, 2.75) is 46.6 Å². The van der Waals surface area contributed by atoms with Gasteiger partial charge in [-0.1, -0.05) is 0 Å². The second-order valence-corrected chi connectivity index (χ2v) is 6.22. The SMILES string of the molecule is Cc1nc(CCNC(=O)OC(C)(C)C)sc1C. The second kappa shape index (κ2) is 5.49. The van der Waals surface area contributed by atoms with Gasteiger partial charge in [-0.05, 0) is 34.6 Å². The molecular formula is C12H20N2O2S. The highest BCUT2D eigenvalue weighted by Crippen LogP contribution is 2.16. The van der Waals surface area contributed by atoms with Crippen LogP contribution in [0.1, 0.15) is 36.3 Å². The molecule has 0 saturated heterocycles. The van der Waals surface area contributed by atoms with Crippen molar-refractivity contribution in [1.82, 2.24) is 10.3 Å². The summed E-state index contributed by atoms with van der Waals surface area (Å²) in [5.74, 6) is 0. The topological polar surface area (TPSA) is 51.2 Å². The Kier molecular flexibility index (Phi) is 4.51. The Labute approximate surface area is 106 Å². The first-order valence-corrected chi connectivity index (χ1v) is 6.49. The van der Waals surface area contributed by atoms with E-state index < -0.39 is 5.60 Å². The van der Waals surface area contributed by atoms with Crippen molar-refractivity contribution < 1.29 is 9.53 Å². The van der Waals surface area contributed by atoms with Gasteiger partial charge >= 0.3 is 6.09 Å². The van der Waals surface area contributed by atoms with Crippen LogP contribution >= 0.6 is 11.3 Å². The molecule has 0 aliphatic carbocycles. The zero-order valence-electron chi connectivity index (χ0n) is 11.1. The maximum Gasteiger partial charge on any atom is 0.407 e. The standard InChI is InChI=1S/C12H20N2O2S/c1-8-9(2)17-10(14-8)6-7-13-11(15)16-12(3,4)5/h6-7H2,1-5H3,(H,13,15). The molecule has 1 N–H and O–H groups in total. The number of hydrogen-bond donors (Lipinski definition) is 1. The number of rotatable bonds is 3. The summed E-state index contributed by atoms with van der Waals surface area (Å²) >= 11 is 1.68. The summed E-state index contributed by atoms with van der Waals surface area (Å²) in [7, 11) is 0. The van der Waals surface area contributed by atoms with E-state index in [1.165, 1.54) is 4.88 Å². The number of aromatic nitrogens is 1. The first-order valence-electron chi connectivity index (χ1n) is 5.67. The fourth-order valence-corrected chi connectivity index (χ4v) is 2.17. The molecule has 5 heteroatoms. The van der Waals surface area contributed by atoms with Crippen LogP contribution in [0, 0.1) is 13.8 Å². The lowest BCUT2D eigenvalue weighted by molar-refractivity contribution is 0.0528. The normalized spacial score (nSPS) is 11.4. The quantitative estimate of drug-likeness (QED) is 0.904. The van der Waals surface area contributed by atoms with E-state index in [-0.39, 0.29) is 6.09 Å². The average molecular weight is 256 g/mol. The number of hydrogen-bond acceptors (Lipinski definition) is 4. The molecule has 1 aromatic heterocycles. The van der Waals surface area contributed by atoms with Gasteiger partial charge < -0.3 is 10.1 Å². The largest absolute Gasteiger partial charge is 0.444 e. The van der Waals surface area contributed by atoms with Crippen LogP contribution in [0.5, 0.6) is 0 Å². The average Bonchev–Trinajstić information content (AvgIpc) is 2.43. The van der Waals surface area contributed by atoms with E-state index in [0.29, 0.717) is 6.54 Å². The molecule has 0 atom stereocenters. The van der Waals surface area contributed by atoms with Crippen LogP contribution in [-0.4, -0.2) is 23.2 Å². The maximum absolute atomic E-state index is 11.4. The Morgan fingerprint density at radius 1 is 1.41 bits per heavy atom. The smallest absolute Gasteiger partial charge is 0.407 e. The molecule has 0 unspecified atom stereocenters. The zero-order chi connectivity index (χ0) is 13.1. The number of carbonyl (C=O) groups excluding carboxylic acids is 1. The molecule has 1 rings (SSSR count). The Morgan fingerprint density at radius 2 is 2.06 bits per heavy atom. The number of aryl methyl sites for hydroxylation is 2. The Bertz CT molecular complexity index is 374. The van der Waals surface area contributed by atoms with Gasteiger partial charge in [0.25, 0.3) is 0 Å². The van der Waals surface area contributed by atoms with Gasteiger partial charge in [-0.2, -0.15) is 0 Å². The van der Waals surface area contributed by atoms with Crippen molar-refractivity contribution in [3.8, 4) is 0 Å². The van der Waals surface area contributed by atoms with Crippen LogP contribution in [0.3, 0.4) is 0 Å². The van der Waals surface area contributed by atoms with Gasteiger partial charge in [0.05, 0.1) is 10.7 Å². The minimum atomic E-state index is -0.446. The van der Waals surface area contributed by atoms with Crippen LogP contribution in [0.15, 0.2) is 0 Å². The predicted molar refractivity (Wildman–Crippen MR) is 69.5 cm³/mol. The highest BCUT2D eigenvalue weighted by atomic mass is 32.1. The summed E-state index contributed by atoms with van der Waals surface area (Å²) in [6, 6.07) is 0. The molecule has 0 bridgehead atoms. The Hall–Kier alpha value is -1.10. The third-order valence-corrected chi connectivity index (χ3v) is 3.21. The highest BCUT2D eigenvalue weighted by molar-refractivity contribution is 7.11. The maximum atomic E-state index is 11.4. The summed E-state index contributed by atoms with van der Waals surface area (Å²) in [6.45, 7) is 10.1. The van der Waals surface area contributed by atoms with Crippen molar-refractivity contribution in [2.75, 3.05) is 6.54 Å². The summed E-state index contributed by atoms with van der Waals surface area (Å²) < 4.78 is 5.14. The molecule has 0 aliphatic heterocycles. The molecule has 1 amide bonds. The first kappa shape index (κ1) is 14.0. The Balaban J connectivity index is 2.31. The summed E-state index contributed by atoms with van der Waals surface area (Å²) in [5.41, 5.74) is 0.626. The third kappa shape index (κ3) is 5.17. The number of amides is 1. The number of carbonyl (C=O) groups is 1. The molecule has 0 aliphatic rings. The lowest BCUT2D eigenvalue weighted by Gasteiger charge is -2.19. The molecule has 17 heavy (non-hydrogen) atoms. The fourth-order valence-electron chi connectivity index (χ4n) is 1.23. The molecule has 0 fully saturated rings. The number of thiazole rings is 1. The fraction of sp³-hybridized carbons (Fsp3) is 0.667.